The number of aromatic hydroxyl groups is 1. The monoisotopic (exact) mass is 878 g/mol. The highest BCUT2D eigenvalue weighted by Crippen LogP contribution is 2.64. The Labute approximate surface area is 372 Å². The molecular formula is C50H43ClN4O7S. The van der Waals surface area contributed by atoms with E-state index in [1.165, 1.54) is 9.80 Å². The minimum Gasteiger partial charge on any atom is -0.508 e. The fraction of sp³-hybridized carbons (Fsp3) is 0.260. The van der Waals surface area contributed by atoms with Crippen molar-refractivity contribution >= 4 is 80.3 Å². The molecule has 63 heavy (non-hydrogen) atoms. The Hall–Kier alpha value is -6.50. The first kappa shape index (κ1) is 40.6. The van der Waals surface area contributed by atoms with Gasteiger partial charge >= 0.3 is 0 Å². The molecule has 10 rings (SSSR count). The number of fused-ring (bicyclic) bond motifs is 5. The molecular weight excluding hydrogens is 836 g/mol. The summed E-state index contributed by atoms with van der Waals surface area (Å²) in [7, 11) is 4.94. The van der Waals surface area contributed by atoms with Crippen LogP contribution in [0.15, 0.2) is 103 Å². The lowest BCUT2D eigenvalue weighted by atomic mass is 9.51. The summed E-state index contributed by atoms with van der Waals surface area (Å²) in [6, 6.07) is 27.1. The molecule has 1 saturated carbocycles. The first-order chi connectivity index (χ1) is 30.3. The van der Waals surface area contributed by atoms with Crippen LogP contribution < -0.4 is 19.3 Å². The van der Waals surface area contributed by atoms with Crippen molar-refractivity contribution in [1.29, 1.82) is 0 Å². The molecule has 0 spiro atoms. The van der Waals surface area contributed by atoms with E-state index in [1.807, 2.05) is 80.6 Å². The first-order valence-electron chi connectivity index (χ1n) is 20.8. The number of amides is 4. The van der Waals surface area contributed by atoms with Gasteiger partial charge in [0, 0.05) is 34.3 Å². The number of phenols is 1. The number of thiophene rings is 1. The Balaban J connectivity index is 0.984. The van der Waals surface area contributed by atoms with E-state index in [-0.39, 0.29) is 35.8 Å². The van der Waals surface area contributed by atoms with Crippen molar-refractivity contribution in [2.45, 2.75) is 32.6 Å². The van der Waals surface area contributed by atoms with Crippen LogP contribution in [0.5, 0.6) is 17.2 Å². The maximum atomic E-state index is 15.2. The summed E-state index contributed by atoms with van der Waals surface area (Å²) in [5.41, 5.74) is 4.15. The minimum absolute atomic E-state index is 0.0657. The lowest BCUT2D eigenvalue weighted by Crippen LogP contribution is -2.48. The quantitative estimate of drug-likeness (QED) is 0.0909. The smallest absolute Gasteiger partial charge is 0.242 e. The molecule has 2 aromatic heterocycles. The molecule has 2 aliphatic heterocycles. The summed E-state index contributed by atoms with van der Waals surface area (Å²) in [4.78, 5) is 62.7. The van der Waals surface area contributed by atoms with Crippen LogP contribution in [-0.2, 0) is 26.2 Å². The Morgan fingerprint density at radius 2 is 1.62 bits per heavy atom. The number of carbonyl (C=O) groups is 4. The summed E-state index contributed by atoms with van der Waals surface area (Å²) in [5.74, 6) is -2.80. The van der Waals surface area contributed by atoms with Gasteiger partial charge in [-0.25, -0.2) is 4.90 Å². The van der Waals surface area contributed by atoms with Gasteiger partial charge in [-0.05, 0) is 115 Å². The van der Waals surface area contributed by atoms with E-state index in [9.17, 15) is 19.5 Å². The molecule has 6 aromatic rings. The van der Waals surface area contributed by atoms with Gasteiger partial charge in [0.1, 0.15) is 28.8 Å². The number of rotatable bonds is 8. The third-order valence-corrected chi connectivity index (χ3v) is 15.3. The van der Waals surface area contributed by atoms with Crippen LogP contribution in [0.4, 0.5) is 11.5 Å². The number of allylic oxidation sites excluding steroid dienone is 2. The van der Waals surface area contributed by atoms with Crippen molar-refractivity contribution in [2.75, 3.05) is 24.0 Å². The van der Waals surface area contributed by atoms with Crippen molar-refractivity contribution in [3.8, 4) is 27.8 Å². The number of phenolic OH excluding ortho intramolecular Hbond substituents is 1. The second-order valence-electron chi connectivity index (χ2n) is 17.0. The maximum absolute atomic E-state index is 15.2. The van der Waals surface area contributed by atoms with Crippen molar-refractivity contribution in [2.24, 2.45) is 36.1 Å². The van der Waals surface area contributed by atoms with E-state index >= 15 is 4.79 Å². The van der Waals surface area contributed by atoms with Crippen molar-refractivity contribution in [3.63, 3.8) is 0 Å². The van der Waals surface area contributed by atoms with Gasteiger partial charge in [0.25, 0.3) is 0 Å². The summed E-state index contributed by atoms with van der Waals surface area (Å²) in [6.45, 7) is 3.86. The molecule has 4 amide bonds. The normalized spacial score (nSPS) is 24.3. The van der Waals surface area contributed by atoms with Crippen molar-refractivity contribution < 1.29 is 33.8 Å². The van der Waals surface area contributed by atoms with E-state index in [0.717, 1.165) is 42.8 Å². The molecule has 2 saturated heterocycles. The number of hydrogen-bond donors (Lipinski definition) is 1. The Morgan fingerprint density at radius 1 is 0.857 bits per heavy atom. The number of hydrogen-bond acceptors (Lipinski definition) is 9. The molecule has 0 unspecified atom stereocenters. The number of methoxy groups -OCH3 is 2. The molecule has 2 aliphatic carbocycles. The lowest BCUT2D eigenvalue weighted by molar-refractivity contribution is -0.131. The molecule has 0 bridgehead atoms. The number of carbonyl (C=O) groups excluding carboxylic acids is 4. The third-order valence-electron chi connectivity index (χ3n) is 13.8. The number of ether oxygens (including phenoxy) is 2. The Kier molecular flexibility index (Phi) is 9.72. The van der Waals surface area contributed by atoms with E-state index in [1.54, 1.807) is 79.8 Å². The van der Waals surface area contributed by atoms with Crippen LogP contribution in [-0.4, -0.2) is 52.7 Å². The SMILES string of the molecule is COc1ccc(OC)c(C=Cc2ccc(N3C(=O)[C@H]4[C@H](CC=C5[C@H]4C[C@H]4C(=O)N(c6cc(-c7sc8ccc(Cl)cc8c7C)nn6C)C(=O)[C@@]4(C)[C@H]5c4ccc(O)cc4)C3=O)cc2)c1. The maximum Gasteiger partial charge on any atom is 0.242 e. The zero-order valence-electron chi connectivity index (χ0n) is 35.2. The number of nitrogens with zero attached hydrogens (tertiary/aromatic N) is 4. The van der Waals surface area contributed by atoms with Crippen LogP contribution in [0.1, 0.15) is 47.9 Å². The Morgan fingerprint density at radius 3 is 2.35 bits per heavy atom. The fourth-order valence-electron chi connectivity index (χ4n) is 10.6. The largest absolute Gasteiger partial charge is 0.508 e. The summed E-state index contributed by atoms with van der Waals surface area (Å²) >= 11 is 7.91. The van der Waals surface area contributed by atoms with Crippen molar-refractivity contribution in [3.05, 3.63) is 130 Å². The molecule has 13 heteroatoms. The van der Waals surface area contributed by atoms with E-state index in [2.05, 4.69) is 0 Å². The van der Waals surface area contributed by atoms with Gasteiger partial charge in [-0.2, -0.15) is 5.10 Å². The highest BCUT2D eigenvalue weighted by atomic mass is 35.5. The standard InChI is InChI=1S/C50H43ClN4O7S/c1-26-36-23-30(51)12-21-41(36)63-45(26)39-25-42(53(3)52-39)55-47(58)38-24-37-34(44(50(38,2)49(55)60)28-10-15-32(56)16-11-28)18-19-35-43(37)48(59)54(46(35)57)31-13-7-27(8-14-31)6-9-29-22-33(61-4)17-20-40(29)62-5/h6-18,20-23,25,35,37-38,43-44,56H,19,24H2,1-5H3/t35-,37+,38-,43-,44-,50+/m0/s1. The molecule has 0 radical (unpaired) electrons. The second kappa shape index (κ2) is 15.1. The molecule has 11 nitrogen and oxygen atoms in total. The number of anilines is 2. The minimum atomic E-state index is -1.25. The first-order valence-corrected chi connectivity index (χ1v) is 22.0. The molecule has 4 heterocycles. The van der Waals surface area contributed by atoms with Crippen molar-refractivity contribution in [1.82, 2.24) is 9.78 Å². The molecule has 4 aromatic carbocycles. The summed E-state index contributed by atoms with van der Waals surface area (Å²) < 4.78 is 13.5. The number of halogens is 1. The van der Waals surface area contributed by atoms with Gasteiger partial charge in [0.05, 0.1) is 48.0 Å². The predicted molar refractivity (Wildman–Crippen MR) is 244 cm³/mol. The van der Waals surface area contributed by atoms with Gasteiger partial charge in [-0.3, -0.25) is 28.8 Å². The predicted octanol–water partition coefficient (Wildman–Crippen LogP) is 9.59. The third kappa shape index (κ3) is 6.24. The summed E-state index contributed by atoms with van der Waals surface area (Å²) in [6.07, 6.45) is 6.39. The zero-order chi connectivity index (χ0) is 44.1. The second-order valence-corrected chi connectivity index (χ2v) is 18.5. The molecule has 6 atom stereocenters. The average molecular weight is 879 g/mol. The average Bonchev–Trinajstić information content (AvgIpc) is 3.96. The van der Waals surface area contributed by atoms with Crippen LogP contribution in [0.25, 0.3) is 32.8 Å². The molecule has 3 fully saturated rings. The molecule has 4 aliphatic rings. The van der Waals surface area contributed by atoms with Gasteiger partial charge in [-0.15, -0.1) is 11.3 Å². The Bertz CT molecular complexity index is 2970. The number of benzene rings is 4. The van der Waals surface area contributed by atoms with E-state index in [4.69, 9.17) is 26.2 Å². The molecule has 318 valence electrons. The van der Waals surface area contributed by atoms with Gasteiger partial charge in [0.15, 0.2) is 0 Å². The van der Waals surface area contributed by atoms with E-state index < -0.39 is 35.0 Å². The zero-order valence-corrected chi connectivity index (χ0v) is 36.7. The number of aryl methyl sites for hydroxylation is 2. The van der Waals surface area contributed by atoms with Gasteiger partial charge in [-0.1, -0.05) is 59.7 Å². The summed E-state index contributed by atoms with van der Waals surface area (Å²) in [5, 5.41) is 16.8. The highest BCUT2D eigenvalue weighted by molar-refractivity contribution is 7.22. The van der Waals surface area contributed by atoms with Gasteiger partial charge in [0.2, 0.25) is 23.6 Å². The highest BCUT2D eigenvalue weighted by Gasteiger charge is 2.68. The molecule has 1 N–H and O–H groups in total. The van der Waals surface area contributed by atoms with Crippen LogP contribution >= 0.6 is 22.9 Å². The van der Waals surface area contributed by atoms with Crippen LogP contribution in [0.2, 0.25) is 5.02 Å². The van der Waals surface area contributed by atoms with Gasteiger partial charge < -0.3 is 14.6 Å². The topological polar surface area (TPSA) is 131 Å². The van der Waals surface area contributed by atoms with Crippen LogP contribution in [0.3, 0.4) is 0 Å². The van der Waals surface area contributed by atoms with Crippen LogP contribution in [0, 0.1) is 36.0 Å². The number of aromatic nitrogens is 2. The fourth-order valence-corrected chi connectivity index (χ4v) is 12.0. The van der Waals surface area contributed by atoms with E-state index in [0.29, 0.717) is 40.1 Å². The lowest BCUT2D eigenvalue weighted by Gasteiger charge is -2.49. The number of imide groups is 2.